The van der Waals surface area contributed by atoms with Crippen LogP contribution in [0.3, 0.4) is 0 Å². The molecule has 554 valence electrons. The second kappa shape index (κ2) is 34.4. The van der Waals surface area contributed by atoms with Gasteiger partial charge in [-0.3, -0.25) is 52.1 Å². The van der Waals surface area contributed by atoms with Crippen molar-refractivity contribution in [3.05, 3.63) is 77.9 Å². The van der Waals surface area contributed by atoms with E-state index in [1.165, 1.54) is 82.9 Å². The van der Waals surface area contributed by atoms with Crippen LogP contribution in [0.2, 0.25) is 0 Å². The third-order valence-electron chi connectivity index (χ3n) is 21.2. The van der Waals surface area contributed by atoms with Crippen molar-refractivity contribution >= 4 is 58.2 Å². The first kappa shape index (κ1) is 77.3. The number of amides is 7. The largest absolute Gasteiger partial charge is 0.504 e. The predicted molar refractivity (Wildman–Crippen MR) is 367 cm³/mol. The topological polar surface area (TPSA) is 457 Å². The van der Waals surface area contributed by atoms with E-state index in [1.807, 2.05) is 12.1 Å². The van der Waals surface area contributed by atoms with Crippen LogP contribution in [-0.4, -0.2) is 267 Å². The molecule has 4 aliphatic heterocycles. The van der Waals surface area contributed by atoms with E-state index >= 15 is 4.79 Å². The highest BCUT2D eigenvalue weighted by molar-refractivity contribution is 8.15. The number of aliphatic hydroxyl groups excluding tert-OH is 8. The number of phenolic OH excluding ortho intramolecular Hbond substituents is 1. The molecule has 6 fully saturated rings. The second-order valence-electron chi connectivity index (χ2n) is 28.4. The highest BCUT2D eigenvalue weighted by atomic mass is 32.3. The third-order valence-corrected chi connectivity index (χ3v) is 21.6. The number of rotatable bonds is 20. The molecule has 0 spiro atoms. The van der Waals surface area contributed by atoms with Crippen molar-refractivity contribution in [2.45, 2.75) is 183 Å². The minimum absolute atomic E-state index is 0.0309. The summed E-state index contributed by atoms with van der Waals surface area (Å²) in [6.45, 7) is 6.44. The van der Waals surface area contributed by atoms with Crippen LogP contribution in [0.25, 0.3) is 11.1 Å². The standard InChI is InChI=1S/C69H102N10O20S/c1-39-35-79-60(61(39)88)66(93)71-34-49(83)31-51(72-62(89)45-12-10-43(11-13-45)44-14-16-47(17-15-44)76-25-27-77(28-26-76)48-19-22-69(3,23-20-48)46-7-5-4-6-8-46)63(90)73-57(40(2)82)67(94)78-36-50(84)32-52(78)64(91)74-58(55(87)29-41-9-18-53(85)56(30-41)99-100(96,97)98)65(92)75-59(68(79)95)54(86)21-24-70-33-42(37-80)38-81/h9-18,30,39-40,42,46,48-52,54-55,57-61,70,80-88,96-98H,4-8,19-29,31-38H2,1-3H3,(H,71,93)(H,72,89)(H,73,90)(H,74,91)(H,75,92)/t39-,40+,48?,49+,50+,51?,52-,54+,55+,57-,58-,59-,60-,61-,69?/m0/s1. The summed E-state index contributed by atoms with van der Waals surface area (Å²) in [5.74, 6) is -9.99. The van der Waals surface area contributed by atoms with Crippen LogP contribution in [-0.2, 0) is 35.2 Å². The lowest BCUT2D eigenvalue weighted by Gasteiger charge is -2.48. The molecular weight excluding hydrogens is 1320 g/mol. The van der Waals surface area contributed by atoms with Crippen LogP contribution in [0.5, 0.6) is 11.5 Å². The molecule has 9 rings (SSSR count). The van der Waals surface area contributed by atoms with Crippen molar-refractivity contribution < 1.29 is 97.4 Å². The molecule has 30 nitrogen and oxygen atoms in total. The summed E-state index contributed by atoms with van der Waals surface area (Å²) in [6.07, 6.45) is -0.766. The van der Waals surface area contributed by atoms with Crippen LogP contribution in [0.4, 0.5) is 5.69 Å². The maximum Gasteiger partial charge on any atom is 0.266 e. The fourth-order valence-electron chi connectivity index (χ4n) is 15.2. The second-order valence-corrected chi connectivity index (χ2v) is 29.5. The van der Waals surface area contributed by atoms with Crippen molar-refractivity contribution in [3.63, 3.8) is 0 Å². The minimum atomic E-state index is -4.74. The van der Waals surface area contributed by atoms with E-state index in [0.29, 0.717) is 11.5 Å². The molecule has 2 saturated carbocycles. The molecule has 13 atom stereocenters. The lowest BCUT2D eigenvalue weighted by molar-refractivity contribution is -0.147. The summed E-state index contributed by atoms with van der Waals surface area (Å²) in [6, 6.07) is 6.93. The maximum atomic E-state index is 15.0. The Balaban J connectivity index is 0.947. The SMILES string of the molecule is C[C@@H](O)[C@@H]1NC(=O)C(NC(=O)c2ccc(-c3ccc(N4CCN(C5CCC(C)(C6CCCCC6)CC5)CC4)cc3)cc2)C[C@@H](O)CNC(=O)[C@@H]2[C@@H](O)[C@@H](C)CN2C(=O)[C@H]([C@H](O)CCNCC(CO)CO)NC(=O)[C@H]([C@H](O)Cc2ccc(O)c(OS(O)(O)O)c2)NC(=O)[C@@H]2C[C@@H](O)CN2C1=O. The molecule has 100 heavy (non-hydrogen) atoms. The van der Waals surface area contributed by atoms with Crippen molar-refractivity contribution in [1.82, 2.24) is 46.6 Å². The van der Waals surface area contributed by atoms with Gasteiger partial charge >= 0.3 is 0 Å². The smallest absolute Gasteiger partial charge is 0.266 e. The molecule has 4 saturated heterocycles. The molecular formula is C69H102N10O20S. The molecule has 0 bridgehead atoms. The van der Waals surface area contributed by atoms with Crippen LogP contribution < -0.4 is 41.0 Å². The van der Waals surface area contributed by atoms with Gasteiger partial charge in [-0.1, -0.05) is 63.4 Å². The number of β-amino-alcohol motifs (C(OH)–C–C–N with tert-alkyl or cyclic N) is 1. The van der Waals surface area contributed by atoms with E-state index in [2.05, 4.69) is 64.9 Å². The molecule has 4 heterocycles. The molecule has 18 N–H and O–H groups in total. The number of piperazine rings is 1. The number of benzene rings is 3. The van der Waals surface area contributed by atoms with Gasteiger partial charge in [0.15, 0.2) is 11.5 Å². The summed E-state index contributed by atoms with van der Waals surface area (Å²) in [5, 5.41) is 114. The Hall–Kier alpha value is -6.82. The van der Waals surface area contributed by atoms with Crippen LogP contribution in [0, 0.1) is 23.2 Å². The number of nitrogens with one attached hydrogen (secondary N) is 6. The Kier molecular flexibility index (Phi) is 26.6. The first-order valence-electron chi connectivity index (χ1n) is 34.9. The van der Waals surface area contributed by atoms with Gasteiger partial charge in [-0.05, 0) is 123 Å². The van der Waals surface area contributed by atoms with Crippen molar-refractivity contribution in [2.24, 2.45) is 23.2 Å². The molecule has 31 heteroatoms. The molecule has 7 amide bonds. The summed E-state index contributed by atoms with van der Waals surface area (Å²) in [5.41, 5.74) is 3.24. The summed E-state index contributed by atoms with van der Waals surface area (Å²) in [4.78, 5) is 109. The molecule has 0 radical (unpaired) electrons. The number of hydrogen-bond acceptors (Lipinski definition) is 23. The van der Waals surface area contributed by atoms with Gasteiger partial charge in [-0.15, -0.1) is 0 Å². The Bertz CT molecular complexity index is 3270. The lowest BCUT2D eigenvalue weighted by atomic mass is 9.62. The summed E-state index contributed by atoms with van der Waals surface area (Å²) < 4.78 is 33.5. The Labute approximate surface area is 583 Å². The fraction of sp³-hybridized carbons (Fsp3) is 0.638. The molecule has 2 aliphatic carbocycles. The van der Waals surface area contributed by atoms with E-state index in [1.54, 1.807) is 12.1 Å². The van der Waals surface area contributed by atoms with Crippen molar-refractivity contribution in [3.8, 4) is 22.6 Å². The Morgan fingerprint density at radius 3 is 1.96 bits per heavy atom. The quantitative estimate of drug-likeness (QED) is 0.0649. The van der Waals surface area contributed by atoms with Gasteiger partial charge in [0.05, 0.1) is 36.6 Å². The number of carbonyl (C=O) groups is 7. The number of hydrogen-bond donors (Lipinski definition) is 18. The average molecular weight is 1420 g/mol. The molecule has 6 aliphatic rings. The normalized spacial score (nSPS) is 29.5. The number of fused-ring (bicyclic) bond motifs is 2. The van der Waals surface area contributed by atoms with Crippen LogP contribution in [0.1, 0.15) is 114 Å². The van der Waals surface area contributed by atoms with Gasteiger partial charge in [0.25, 0.3) is 17.1 Å². The molecule has 3 aromatic rings. The number of nitrogens with zero attached hydrogens (tertiary/aromatic N) is 4. The predicted octanol–water partition coefficient (Wildman–Crippen LogP) is -0.243. The number of phenols is 1. The first-order valence-corrected chi connectivity index (χ1v) is 36.3. The zero-order chi connectivity index (χ0) is 72.3. The van der Waals surface area contributed by atoms with Gasteiger partial charge in [0.2, 0.25) is 35.4 Å². The van der Waals surface area contributed by atoms with Crippen LogP contribution >= 0.6 is 11.2 Å². The van der Waals surface area contributed by atoms with Gasteiger partial charge in [0.1, 0.15) is 36.3 Å². The van der Waals surface area contributed by atoms with Crippen molar-refractivity contribution in [1.29, 1.82) is 0 Å². The van der Waals surface area contributed by atoms with Gasteiger partial charge in [0, 0.05) is 114 Å². The fourth-order valence-corrected chi connectivity index (χ4v) is 15.5. The van der Waals surface area contributed by atoms with Crippen molar-refractivity contribution in [2.75, 3.05) is 77.0 Å². The minimum Gasteiger partial charge on any atom is -0.504 e. The van der Waals surface area contributed by atoms with Crippen LogP contribution in [0.15, 0.2) is 66.7 Å². The van der Waals surface area contributed by atoms with Gasteiger partial charge in [-0.2, -0.15) is 0 Å². The molecule has 0 aromatic heterocycles. The van der Waals surface area contributed by atoms with E-state index in [-0.39, 0.29) is 37.2 Å². The zero-order valence-electron chi connectivity index (χ0n) is 56.9. The number of aliphatic hydroxyl groups is 8. The van der Waals surface area contributed by atoms with E-state index in [0.717, 1.165) is 77.8 Å². The number of anilines is 1. The average Bonchev–Trinajstić information content (AvgIpc) is 1.58. The highest BCUT2D eigenvalue weighted by Gasteiger charge is 2.50. The molecule has 3 aromatic carbocycles. The zero-order valence-corrected chi connectivity index (χ0v) is 57.7. The number of aromatic hydroxyl groups is 1. The van der Waals surface area contributed by atoms with E-state index in [4.69, 9.17) is 0 Å². The summed E-state index contributed by atoms with van der Waals surface area (Å²) in [7, 11) is 0. The number of carbonyl (C=O) groups excluding carboxylic acids is 7. The van der Waals surface area contributed by atoms with Gasteiger partial charge in [-0.25, -0.2) is 0 Å². The van der Waals surface area contributed by atoms with Gasteiger partial charge < -0.3 is 96.7 Å². The Morgan fingerprint density at radius 1 is 0.710 bits per heavy atom. The highest BCUT2D eigenvalue weighted by Crippen LogP contribution is 2.49. The van der Waals surface area contributed by atoms with E-state index < -0.39 is 194 Å². The lowest BCUT2D eigenvalue weighted by Crippen LogP contribution is -2.64. The Morgan fingerprint density at radius 2 is 1.33 bits per heavy atom. The molecule has 1 unspecified atom stereocenters. The maximum absolute atomic E-state index is 15.0. The summed E-state index contributed by atoms with van der Waals surface area (Å²) >= 11 is -4.74. The first-order chi connectivity index (χ1) is 47.5. The third kappa shape index (κ3) is 19.5. The van der Waals surface area contributed by atoms with E-state index in [9.17, 15) is 88.4 Å². The monoisotopic (exact) mass is 1420 g/mol.